The lowest BCUT2D eigenvalue weighted by molar-refractivity contribution is -0.953. The second-order valence-corrected chi connectivity index (χ2v) is 18.1. The number of nitrogens with two attached hydrogens (primary N) is 2. The van der Waals surface area contributed by atoms with Gasteiger partial charge in [-0.05, 0) is 137 Å². The van der Waals surface area contributed by atoms with Crippen LogP contribution in [0.2, 0.25) is 0 Å². The van der Waals surface area contributed by atoms with Crippen molar-refractivity contribution >= 4 is 0 Å². The maximum atomic E-state index is 4.41. The molecule has 14 atom stereocenters. The molecule has 2 saturated carbocycles. The zero-order valence-electron chi connectivity index (χ0n) is 30.6. The Balaban J connectivity index is 0.958. The second-order valence-electron chi connectivity index (χ2n) is 18.1. The standard InChI is InChI=1S/C45H63N5/c1-4-14-30(15-5-1)31-24-26-33(27-25-31)44-46-43(32-16-6-2-7-17-32)47-45(48-44)50-40-23-13-11-21-36(40)38-28-37-35-20-10-12-22-39(35)49(41(37)29-42(38)50)34-18-8-3-9-19-34/h3-4,6,8-9,12,14,16-18,22,26,30-31,34-48H,1-2,5,7,10-11,13,15,19-21,23-25,27-29H2/p+2. The molecule has 5 fully saturated rings. The van der Waals surface area contributed by atoms with E-state index in [2.05, 4.69) is 98.7 Å². The predicted octanol–water partition coefficient (Wildman–Crippen LogP) is 6.18. The van der Waals surface area contributed by atoms with Gasteiger partial charge in [-0.15, -0.1) is 0 Å². The van der Waals surface area contributed by atoms with Gasteiger partial charge in [-0.2, -0.15) is 5.32 Å². The summed E-state index contributed by atoms with van der Waals surface area (Å²) in [5.74, 6) is 5.16. The van der Waals surface area contributed by atoms with Gasteiger partial charge in [-0.25, -0.2) is 4.90 Å². The Morgan fingerprint density at radius 1 is 0.640 bits per heavy atom. The van der Waals surface area contributed by atoms with Gasteiger partial charge in [0.05, 0.1) is 5.57 Å². The molecule has 0 radical (unpaired) electrons. The van der Waals surface area contributed by atoms with Gasteiger partial charge in [0.1, 0.15) is 0 Å². The van der Waals surface area contributed by atoms with Crippen molar-refractivity contribution in [3.8, 4) is 0 Å². The summed E-state index contributed by atoms with van der Waals surface area (Å²) in [7, 11) is 0. The molecule has 0 bridgehead atoms. The highest BCUT2D eigenvalue weighted by molar-refractivity contribution is 5.25. The average Bonchev–Trinajstić information content (AvgIpc) is 3.70. The highest BCUT2D eigenvalue weighted by Gasteiger charge is 2.62. The van der Waals surface area contributed by atoms with Crippen LogP contribution in [0.15, 0.2) is 84.1 Å². The summed E-state index contributed by atoms with van der Waals surface area (Å²) in [5, 5.41) is 9.91. The monoisotopic (exact) mass is 676 g/mol. The van der Waals surface area contributed by atoms with E-state index in [1.807, 2.05) is 0 Å². The average molecular weight is 676 g/mol. The first-order valence-electron chi connectivity index (χ1n) is 21.5. The van der Waals surface area contributed by atoms with E-state index in [4.69, 9.17) is 0 Å². The van der Waals surface area contributed by atoms with Crippen LogP contribution in [0.25, 0.3) is 0 Å². The lowest BCUT2D eigenvalue weighted by atomic mass is 9.65. The summed E-state index contributed by atoms with van der Waals surface area (Å²) in [4.78, 5) is 6.22. The van der Waals surface area contributed by atoms with Crippen LogP contribution in [0.4, 0.5) is 0 Å². The van der Waals surface area contributed by atoms with Gasteiger partial charge in [0.25, 0.3) is 0 Å². The van der Waals surface area contributed by atoms with E-state index in [9.17, 15) is 0 Å². The fourth-order valence-corrected chi connectivity index (χ4v) is 13.7. The van der Waals surface area contributed by atoms with Gasteiger partial charge < -0.3 is 0 Å². The second kappa shape index (κ2) is 14.1. The molecule has 5 N–H and O–H groups in total. The lowest BCUT2D eigenvalue weighted by Crippen LogP contribution is -3.24. The van der Waals surface area contributed by atoms with Gasteiger partial charge in [0.15, 0.2) is 6.17 Å². The third-order valence-electron chi connectivity index (χ3n) is 15.8. The lowest BCUT2D eigenvalue weighted by Gasteiger charge is -2.47. The SMILES string of the molecule is C1=CCC(N2C3C=CCCC3C3CC4C5CCCCC5N(C5NC(C6=CCC(C7C=CCCC7)CC6)[NH2+]C(C6=CCCC=C6)[NH2+]5)C4CC32)C=C1. The molecule has 3 heterocycles. The first-order valence-corrected chi connectivity index (χ1v) is 21.5. The Labute approximate surface area is 302 Å². The number of allylic oxidation sites excluding steroid dienone is 8. The number of hydrogen-bond acceptors (Lipinski definition) is 3. The minimum absolute atomic E-state index is 0.359. The predicted molar refractivity (Wildman–Crippen MR) is 202 cm³/mol. The molecular weight excluding hydrogens is 611 g/mol. The Bertz CT molecular complexity index is 1470. The molecule has 10 aliphatic rings. The highest BCUT2D eigenvalue weighted by atomic mass is 15.5. The van der Waals surface area contributed by atoms with E-state index in [1.54, 1.807) is 11.1 Å². The Morgan fingerprint density at radius 3 is 2.40 bits per heavy atom. The van der Waals surface area contributed by atoms with Crippen LogP contribution >= 0.6 is 0 Å². The van der Waals surface area contributed by atoms with Crippen LogP contribution in [0.5, 0.6) is 0 Å². The number of fused-ring (bicyclic) bond motifs is 6. The summed E-state index contributed by atoms with van der Waals surface area (Å²) < 4.78 is 0. The van der Waals surface area contributed by atoms with Gasteiger partial charge in [-0.3, -0.25) is 15.5 Å². The van der Waals surface area contributed by atoms with E-state index in [1.165, 1.54) is 109 Å². The molecule has 10 rings (SSSR count). The van der Waals surface area contributed by atoms with Crippen molar-refractivity contribution < 1.29 is 10.6 Å². The van der Waals surface area contributed by atoms with Crippen molar-refractivity contribution in [3.63, 3.8) is 0 Å². The number of nitrogens with one attached hydrogen (secondary N) is 1. The van der Waals surface area contributed by atoms with E-state index >= 15 is 0 Å². The van der Waals surface area contributed by atoms with E-state index in [-0.39, 0.29) is 0 Å². The van der Waals surface area contributed by atoms with Crippen LogP contribution in [0.3, 0.4) is 0 Å². The van der Waals surface area contributed by atoms with Gasteiger partial charge in [0.2, 0.25) is 12.5 Å². The molecule has 3 aliphatic heterocycles. The van der Waals surface area contributed by atoms with E-state index in [0.29, 0.717) is 36.7 Å². The van der Waals surface area contributed by atoms with Crippen molar-refractivity contribution in [2.24, 2.45) is 35.5 Å². The number of nitrogens with zero attached hydrogens (tertiary/aromatic N) is 2. The van der Waals surface area contributed by atoms with Crippen LogP contribution in [0.1, 0.15) is 109 Å². The fourth-order valence-electron chi connectivity index (χ4n) is 13.7. The molecule has 14 unspecified atom stereocenters. The summed E-state index contributed by atoms with van der Waals surface area (Å²) >= 11 is 0. The zero-order chi connectivity index (χ0) is 33.0. The largest absolute Gasteiger partial charge is 0.287 e. The van der Waals surface area contributed by atoms with Crippen molar-refractivity contribution in [2.45, 2.75) is 158 Å². The molecule has 3 saturated heterocycles. The van der Waals surface area contributed by atoms with Crippen LogP contribution in [-0.4, -0.2) is 58.6 Å². The number of quaternary nitrogens is 2. The number of hydrogen-bond donors (Lipinski definition) is 3. The van der Waals surface area contributed by atoms with Crippen LogP contribution in [-0.2, 0) is 0 Å². The molecule has 0 aromatic carbocycles. The number of rotatable bonds is 5. The molecule has 0 aromatic rings. The molecule has 0 amide bonds. The molecule has 0 aromatic heterocycles. The fraction of sp³-hybridized carbons (Fsp3) is 0.689. The minimum Gasteiger partial charge on any atom is -0.287 e. The van der Waals surface area contributed by atoms with Crippen molar-refractivity contribution in [1.29, 1.82) is 0 Å². The summed E-state index contributed by atoms with van der Waals surface area (Å²) in [6, 6.07) is 3.38. The van der Waals surface area contributed by atoms with Crippen LogP contribution in [0, 0.1) is 35.5 Å². The normalized spacial score (nSPS) is 47.3. The maximum absolute atomic E-state index is 4.41. The van der Waals surface area contributed by atoms with E-state index < -0.39 is 0 Å². The summed E-state index contributed by atoms with van der Waals surface area (Å²) in [5.41, 5.74) is 3.25. The quantitative estimate of drug-likeness (QED) is 0.305. The van der Waals surface area contributed by atoms with Crippen molar-refractivity contribution in [2.75, 3.05) is 0 Å². The first-order chi connectivity index (χ1) is 24.8. The Hall–Kier alpha value is -2.02. The van der Waals surface area contributed by atoms with Crippen molar-refractivity contribution in [1.82, 2.24) is 15.1 Å². The maximum Gasteiger partial charge on any atom is 0.240 e. The van der Waals surface area contributed by atoms with Gasteiger partial charge in [-0.1, -0.05) is 85.8 Å². The summed E-state index contributed by atoms with van der Waals surface area (Å²) in [6.07, 6.45) is 54.1. The molecule has 5 heteroatoms. The molecule has 7 aliphatic carbocycles. The van der Waals surface area contributed by atoms with Gasteiger partial charge >= 0.3 is 0 Å². The minimum atomic E-state index is 0.359. The van der Waals surface area contributed by atoms with Crippen molar-refractivity contribution in [3.05, 3.63) is 84.1 Å². The Morgan fingerprint density at radius 2 is 1.56 bits per heavy atom. The number of likely N-dealkylation sites (tertiary alicyclic amines) is 2. The molecular formula is C45H65N5+2. The summed E-state index contributed by atoms with van der Waals surface area (Å²) in [6.45, 7) is 0. The van der Waals surface area contributed by atoms with E-state index in [0.717, 1.165) is 47.6 Å². The van der Waals surface area contributed by atoms with Gasteiger partial charge in [0, 0.05) is 30.2 Å². The topological polar surface area (TPSA) is 51.7 Å². The third kappa shape index (κ3) is 5.86. The zero-order valence-corrected chi connectivity index (χ0v) is 30.6. The molecule has 268 valence electrons. The molecule has 0 spiro atoms. The highest BCUT2D eigenvalue weighted by Crippen LogP contribution is 2.57. The first kappa shape index (κ1) is 32.6. The molecule has 50 heavy (non-hydrogen) atoms. The van der Waals surface area contributed by atoms with Crippen LogP contribution < -0.4 is 16.0 Å². The Kier molecular flexibility index (Phi) is 9.19. The third-order valence-corrected chi connectivity index (χ3v) is 15.8. The molecule has 5 nitrogen and oxygen atoms in total. The smallest absolute Gasteiger partial charge is 0.240 e.